The molecular weight excluding hydrogens is 338 g/mol. The SMILES string of the molecule is COC(=O)C1=C(C)NC(=S)N[C@H]1c1cc(OC)c(O)c([N+](=O)[O-])c1. The summed E-state index contributed by atoms with van der Waals surface area (Å²) >= 11 is 5.08. The molecule has 0 fully saturated rings. The first-order valence-electron chi connectivity index (χ1n) is 6.72. The molecule has 9 nitrogen and oxygen atoms in total. The Morgan fingerprint density at radius 1 is 1.42 bits per heavy atom. The van der Waals surface area contributed by atoms with E-state index in [1.807, 2.05) is 0 Å². The zero-order chi connectivity index (χ0) is 18.0. The molecule has 128 valence electrons. The first-order valence-corrected chi connectivity index (χ1v) is 7.12. The number of aromatic hydroxyl groups is 1. The van der Waals surface area contributed by atoms with E-state index in [0.29, 0.717) is 11.3 Å². The summed E-state index contributed by atoms with van der Waals surface area (Å²) in [6.07, 6.45) is 0. The van der Waals surface area contributed by atoms with E-state index in [4.69, 9.17) is 21.7 Å². The van der Waals surface area contributed by atoms with Crippen molar-refractivity contribution in [3.8, 4) is 11.5 Å². The first kappa shape index (κ1) is 17.5. The van der Waals surface area contributed by atoms with Crippen LogP contribution in [0.15, 0.2) is 23.4 Å². The fourth-order valence-corrected chi connectivity index (χ4v) is 2.67. The molecule has 3 N–H and O–H groups in total. The normalized spacial score (nSPS) is 17.0. The van der Waals surface area contributed by atoms with E-state index in [-0.39, 0.29) is 16.4 Å². The third-order valence-electron chi connectivity index (χ3n) is 3.50. The van der Waals surface area contributed by atoms with Gasteiger partial charge in [-0.1, -0.05) is 0 Å². The molecule has 0 aromatic heterocycles. The van der Waals surface area contributed by atoms with Crippen LogP contribution in [0.1, 0.15) is 18.5 Å². The molecule has 0 saturated carbocycles. The van der Waals surface area contributed by atoms with Crippen molar-refractivity contribution in [1.82, 2.24) is 10.6 Å². The van der Waals surface area contributed by atoms with Crippen LogP contribution in [-0.2, 0) is 9.53 Å². The Hall–Kier alpha value is -2.88. The standard InChI is InChI=1S/C14H15N3O6S/c1-6-10(13(19)23-3)11(16-14(24)15-6)7-4-8(17(20)21)12(18)9(5-7)22-2/h4-5,11,18H,1-3H3,(H2,15,16,24)/t11-/m0/s1. The lowest BCUT2D eigenvalue weighted by Gasteiger charge is -2.29. The van der Waals surface area contributed by atoms with Gasteiger partial charge in [-0.05, 0) is 30.8 Å². The average molecular weight is 353 g/mol. The van der Waals surface area contributed by atoms with E-state index in [1.165, 1.54) is 20.3 Å². The van der Waals surface area contributed by atoms with Crippen molar-refractivity contribution < 1.29 is 24.3 Å². The van der Waals surface area contributed by atoms with Gasteiger partial charge in [0.15, 0.2) is 10.9 Å². The molecule has 1 heterocycles. The Morgan fingerprint density at radius 2 is 2.08 bits per heavy atom. The number of rotatable bonds is 4. The van der Waals surface area contributed by atoms with E-state index in [2.05, 4.69) is 10.6 Å². The van der Waals surface area contributed by atoms with Gasteiger partial charge in [-0.25, -0.2) is 4.79 Å². The lowest BCUT2D eigenvalue weighted by molar-refractivity contribution is -0.386. The second-order valence-corrected chi connectivity index (χ2v) is 5.32. The van der Waals surface area contributed by atoms with Gasteiger partial charge in [0.05, 0.1) is 30.8 Å². The zero-order valence-corrected chi connectivity index (χ0v) is 13.9. The summed E-state index contributed by atoms with van der Waals surface area (Å²) in [5, 5.41) is 27.0. The number of nitro benzene ring substituents is 1. The molecular formula is C14H15N3O6S. The van der Waals surface area contributed by atoms with Crippen LogP contribution in [0.5, 0.6) is 11.5 Å². The molecule has 1 aromatic carbocycles. The van der Waals surface area contributed by atoms with Crippen molar-refractivity contribution >= 4 is 29.0 Å². The van der Waals surface area contributed by atoms with Crippen molar-refractivity contribution in [3.63, 3.8) is 0 Å². The Balaban J connectivity index is 2.66. The summed E-state index contributed by atoms with van der Waals surface area (Å²) in [7, 11) is 2.50. The highest BCUT2D eigenvalue weighted by Gasteiger charge is 2.33. The highest BCUT2D eigenvalue weighted by molar-refractivity contribution is 7.80. The van der Waals surface area contributed by atoms with Crippen molar-refractivity contribution in [2.75, 3.05) is 14.2 Å². The maximum Gasteiger partial charge on any atom is 0.337 e. The summed E-state index contributed by atoms with van der Waals surface area (Å²) in [5.41, 5.74) is 0.454. The lowest BCUT2D eigenvalue weighted by atomic mass is 9.95. The van der Waals surface area contributed by atoms with Crippen molar-refractivity contribution in [2.24, 2.45) is 0 Å². The number of carbonyl (C=O) groups excluding carboxylic acids is 1. The zero-order valence-electron chi connectivity index (χ0n) is 13.1. The van der Waals surface area contributed by atoms with E-state index in [0.717, 1.165) is 6.07 Å². The third kappa shape index (κ3) is 3.08. The number of benzene rings is 1. The number of phenolic OH excluding ortho intramolecular Hbond substituents is 1. The van der Waals surface area contributed by atoms with Crippen molar-refractivity contribution in [1.29, 1.82) is 0 Å². The average Bonchev–Trinajstić information content (AvgIpc) is 2.53. The summed E-state index contributed by atoms with van der Waals surface area (Å²) in [6.45, 7) is 1.64. The van der Waals surface area contributed by atoms with Crippen LogP contribution in [0.2, 0.25) is 0 Å². The number of carbonyl (C=O) groups is 1. The molecule has 2 rings (SSSR count). The smallest absolute Gasteiger partial charge is 0.337 e. The molecule has 0 saturated heterocycles. The van der Waals surface area contributed by atoms with E-state index in [9.17, 15) is 20.0 Å². The van der Waals surface area contributed by atoms with Crippen molar-refractivity contribution in [3.05, 3.63) is 39.1 Å². The number of phenols is 1. The van der Waals surface area contributed by atoms with E-state index >= 15 is 0 Å². The van der Waals surface area contributed by atoms with Gasteiger partial charge in [0.2, 0.25) is 5.75 Å². The number of methoxy groups -OCH3 is 2. The molecule has 0 radical (unpaired) electrons. The molecule has 1 aromatic rings. The predicted octanol–water partition coefficient (Wildman–Crippen LogP) is 1.27. The second-order valence-electron chi connectivity index (χ2n) is 4.91. The lowest BCUT2D eigenvalue weighted by Crippen LogP contribution is -2.45. The maximum absolute atomic E-state index is 12.1. The Morgan fingerprint density at radius 3 is 2.62 bits per heavy atom. The fourth-order valence-electron chi connectivity index (χ4n) is 2.40. The number of thiocarbonyl (C=S) groups is 1. The van der Waals surface area contributed by atoms with Crippen LogP contribution in [0.4, 0.5) is 5.69 Å². The Bertz CT molecular complexity index is 761. The topological polar surface area (TPSA) is 123 Å². The molecule has 1 aliphatic heterocycles. The molecule has 0 amide bonds. The minimum atomic E-state index is -0.792. The van der Waals surface area contributed by atoms with E-state index in [1.54, 1.807) is 6.92 Å². The maximum atomic E-state index is 12.1. The number of nitrogens with one attached hydrogen (secondary N) is 2. The molecule has 1 atom stereocenters. The van der Waals surface area contributed by atoms with Gasteiger partial charge in [0.25, 0.3) is 0 Å². The third-order valence-corrected chi connectivity index (χ3v) is 3.72. The van der Waals surface area contributed by atoms with Gasteiger partial charge >= 0.3 is 11.7 Å². The van der Waals surface area contributed by atoms with Crippen LogP contribution in [0.3, 0.4) is 0 Å². The number of hydrogen-bond acceptors (Lipinski definition) is 7. The highest BCUT2D eigenvalue weighted by atomic mass is 32.1. The summed E-state index contributed by atoms with van der Waals surface area (Å²) in [5.74, 6) is -1.30. The minimum Gasteiger partial charge on any atom is -0.500 e. The summed E-state index contributed by atoms with van der Waals surface area (Å²) in [4.78, 5) is 22.5. The second kappa shape index (κ2) is 6.71. The number of esters is 1. The first-order chi connectivity index (χ1) is 11.3. The van der Waals surface area contributed by atoms with Gasteiger partial charge in [-0.15, -0.1) is 0 Å². The molecule has 10 heteroatoms. The summed E-state index contributed by atoms with van der Waals surface area (Å²) in [6, 6.07) is 1.75. The highest BCUT2D eigenvalue weighted by Crippen LogP contribution is 2.40. The van der Waals surface area contributed by atoms with Gasteiger partial charge in [-0.2, -0.15) is 0 Å². The van der Waals surface area contributed by atoms with E-state index < -0.39 is 28.4 Å². The number of ether oxygens (including phenoxy) is 2. The molecule has 0 bridgehead atoms. The summed E-state index contributed by atoms with van der Waals surface area (Å²) < 4.78 is 9.75. The van der Waals surface area contributed by atoms with Gasteiger partial charge in [0.1, 0.15) is 0 Å². The number of nitro groups is 1. The van der Waals surface area contributed by atoms with Crippen LogP contribution >= 0.6 is 12.2 Å². The quantitative estimate of drug-likeness (QED) is 0.318. The molecule has 1 aliphatic rings. The number of nitrogens with zero attached hydrogens (tertiary/aromatic N) is 1. The fraction of sp³-hybridized carbons (Fsp3) is 0.286. The Kier molecular flexibility index (Phi) is 4.88. The molecule has 0 aliphatic carbocycles. The monoisotopic (exact) mass is 353 g/mol. The molecule has 0 unspecified atom stereocenters. The largest absolute Gasteiger partial charge is 0.500 e. The van der Waals surface area contributed by atoms with Gasteiger partial charge in [0, 0.05) is 11.8 Å². The van der Waals surface area contributed by atoms with Gasteiger partial charge in [-0.3, -0.25) is 10.1 Å². The van der Waals surface area contributed by atoms with Crippen LogP contribution < -0.4 is 15.4 Å². The molecule has 24 heavy (non-hydrogen) atoms. The molecule has 0 spiro atoms. The van der Waals surface area contributed by atoms with Crippen LogP contribution in [-0.4, -0.2) is 35.3 Å². The Labute approximate surface area is 142 Å². The predicted molar refractivity (Wildman–Crippen MR) is 87.6 cm³/mol. The van der Waals surface area contributed by atoms with Gasteiger partial charge < -0.3 is 25.2 Å². The van der Waals surface area contributed by atoms with Crippen LogP contribution in [0, 0.1) is 10.1 Å². The number of allylic oxidation sites excluding steroid dienone is 1. The van der Waals surface area contributed by atoms with Crippen LogP contribution in [0.25, 0.3) is 0 Å². The number of hydrogen-bond donors (Lipinski definition) is 3. The minimum absolute atomic E-state index is 0.0904. The van der Waals surface area contributed by atoms with Crippen molar-refractivity contribution in [2.45, 2.75) is 13.0 Å².